The second kappa shape index (κ2) is 6.45. The highest BCUT2D eigenvalue weighted by Crippen LogP contribution is 2.34. The summed E-state index contributed by atoms with van der Waals surface area (Å²) in [5.74, 6) is 0.597. The van der Waals surface area contributed by atoms with E-state index in [9.17, 15) is 0 Å². The van der Waals surface area contributed by atoms with E-state index in [-0.39, 0.29) is 0 Å². The fourth-order valence-electron chi connectivity index (χ4n) is 3.88. The van der Waals surface area contributed by atoms with E-state index >= 15 is 0 Å². The maximum Gasteiger partial charge on any atom is 0.0478 e. The van der Waals surface area contributed by atoms with Crippen molar-refractivity contribution in [1.29, 1.82) is 0 Å². The Morgan fingerprint density at radius 1 is 1.08 bits per heavy atom. The summed E-state index contributed by atoms with van der Waals surface area (Å²) >= 11 is 0. The zero-order chi connectivity index (χ0) is 16.5. The van der Waals surface area contributed by atoms with Gasteiger partial charge in [-0.05, 0) is 47.9 Å². The Labute approximate surface area is 144 Å². The fraction of sp³-hybridized carbons (Fsp3) is 0.364. The molecule has 2 heteroatoms. The molecule has 1 atom stereocenters. The van der Waals surface area contributed by atoms with Crippen LogP contribution in [0.4, 0.5) is 0 Å². The highest BCUT2D eigenvalue weighted by atomic mass is 14.9. The molecule has 0 saturated carbocycles. The van der Waals surface area contributed by atoms with Gasteiger partial charge in [0.2, 0.25) is 0 Å². The van der Waals surface area contributed by atoms with Gasteiger partial charge in [0.25, 0.3) is 0 Å². The smallest absolute Gasteiger partial charge is 0.0478 e. The van der Waals surface area contributed by atoms with Crippen LogP contribution in [0.5, 0.6) is 0 Å². The number of rotatable bonds is 4. The average Bonchev–Trinajstić information content (AvgIpc) is 2.99. The number of aromatic nitrogens is 1. The average molecular weight is 318 g/mol. The van der Waals surface area contributed by atoms with Gasteiger partial charge in [-0.25, -0.2) is 0 Å². The van der Waals surface area contributed by atoms with Gasteiger partial charge in [-0.3, -0.25) is 0 Å². The van der Waals surface area contributed by atoms with Gasteiger partial charge >= 0.3 is 0 Å². The molecular weight excluding hydrogens is 292 g/mol. The van der Waals surface area contributed by atoms with Crippen LogP contribution in [0.3, 0.4) is 0 Å². The third-order valence-corrected chi connectivity index (χ3v) is 5.31. The molecule has 1 aliphatic carbocycles. The monoisotopic (exact) mass is 318 g/mol. The van der Waals surface area contributed by atoms with Crippen LogP contribution >= 0.6 is 0 Å². The van der Waals surface area contributed by atoms with Gasteiger partial charge in [-0.2, -0.15) is 0 Å². The third kappa shape index (κ3) is 2.87. The third-order valence-electron chi connectivity index (χ3n) is 5.31. The summed E-state index contributed by atoms with van der Waals surface area (Å²) in [4.78, 5) is 3.66. The van der Waals surface area contributed by atoms with Crippen LogP contribution in [-0.4, -0.2) is 4.98 Å². The van der Waals surface area contributed by atoms with E-state index in [1.165, 1.54) is 52.5 Å². The first-order chi connectivity index (χ1) is 11.7. The van der Waals surface area contributed by atoms with Crippen molar-refractivity contribution >= 4 is 10.9 Å². The van der Waals surface area contributed by atoms with Gasteiger partial charge in [0.05, 0.1) is 0 Å². The molecule has 2 nitrogen and oxygen atoms in total. The van der Waals surface area contributed by atoms with Crippen molar-refractivity contribution in [2.45, 2.75) is 51.6 Å². The zero-order valence-corrected chi connectivity index (χ0v) is 14.6. The SMILES string of the molecule is CC(C)c1ccc(CNC2CCCc3c2[nH]c2ccccc32)cc1. The summed E-state index contributed by atoms with van der Waals surface area (Å²) in [6.07, 6.45) is 3.67. The van der Waals surface area contributed by atoms with Crippen molar-refractivity contribution in [3.63, 3.8) is 0 Å². The molecule has 0 fully saturated rings. The lowest BCUT2D eigenvalue weighted by atomic mass is 9.91. The van der Waals surface area contributed by atoms with Gasteiger partial charge in [-0.1, -0.05) is 56.3 Å². The summed E-state index contributed by atoms with van der Waals surface area (Å²) in [6.45, 7) is 5.41. The van der Waals surface area contributed by atoms with Crippen molar-refractivity contribution in [3.8, 4) is 0 Å². The molecule has 0 spiro atoms. The minimum atomic E-state index is 0.436. The maximum absolute atomic E-state index is 3.77. The molecule has 0 radical (unpaired) electrons. The second-order valence-electron chi connectivity index (χ2n) is 7.28. The molecule has 1 aromatic heterocycles. The Bertz CT molecular complexity index is 827. The Balaban J connectivity index is 1.52. The number of nitrogens with one attached hydrogen (secondary N) is 2. The molecule has 0 saturated heterocycles. The molecule has 1 unspecified atom stereocenters. The van der Waals surface area contributed by atoms with Crippen molar-refractivity contribution in [2.24, 2.45) is 0 Å². The standard InChI is InChI=1S/C22H26N2/c1-15(2)17-12-10-16(11-13-17)14-23-21-9-5-7-19-18-6-3-4-8-20(18)24-22(19)21/h3-4,6,8,10-13,15,21,23-24H,5,7,9,14H2,1-2H3. The number of hydrogen-bond acceptors (Lipinski definition) is 1. The molecule has 124 valence electrons. The van der Waals surface area contributed by atoms with Gasteiger partial charge in [0.1, 0.15) is 0 Å². The molecule has 3 aromatic rings. The molecule has 0 aliphatic heterocycles. The fourth-order valence-corrected chi connectivity index (χ4v) is 3.88. The second-order valence-corrected chi connectivity index (χ2v) is 7.28. The highest BCUT2D eigenvalue weighted by molar-refractivity contribution is 5.85. The molecule has 2 N–H and O–H groups in total. The van der Waals surface area contributed by atoms with Crippen LogP contribution in [0, 0.1) is 0 Å². The van der Waals surface area contributed by atoms with Crippen LogP contribution in [0.25, 0.3) is 10.9 Å². The first kappa shape index (κ1) is 15.5. The quantitative estimate of drug-likeness (QED) is 0.657. The van der Waals surface area contributed by atoms with Gasteiger partial charge < -0.3 is 10.3 Å². The molecule has 0 bridgehead atoms. The summed E-state index contributed by atoms with van der Waals surface area (Å²) in [5.41, 5.74) is 6.97. The van der Waals surface area contributed by atoms with E-state index in [4.69, 9.17) is 0 Å². The summed E-state index contributed by atoms with van der Waals surface area (Å²) in [7, 11) is 0. The minimum Gasteiger partial charge on any atom is -0.357 e. The van der Waals surface area contributed by atoms with Crippen molar-refractivity contribution < 1.29 is 0 Å². The van der Waals surface area contributed by atoms with Crippen LogP contribution in [0.15, 0.2) is 48.5 Å². The molecule has 0 amide bonds. The topological polar surface area (TPSA) is 27.8 Å². The van der Waals surface area contributed by atoms with Crippen LogP contribution in [-0.2, 0) is 13.0 Å². The normalized spacial score (nSPS) is 17.4. The summed E-state index contributed by atoms with van der Waals surface area (Å²) in [5, 5.41) is 5.18. The number of hydrogen-bond donors (Lipinski definition) is 2. The first-order valence-corrected chi connectivity index (χ1v) is 9.14. The molecular formula is C22H26N2. The Hall–Kier alpha value is -2.06. The maximum atomic E-state index is 3.77. The predicted molar refractivity (Wildman–Crippen MR) is 101 cm³/mol. The zero-order valence-electron chi connectivity index (χ0n) is 14.6. The molecule has 2 aromatic carbocycles. The van der Waals surface area contributed by atoms with E-state index in [0.717, 1.165) is 6.54 Å². The lowest BCUT2D eigenvalue weighted by molar-refractivity contribution is 0.452. The van der Waals surface area contributed by atoms with E-state index in [1.807, 2.05) is 0 Å². The number of H-pyrrole nitrogens is 1. The predicted octanol–water partition coefficient (Wildman–Crippen LogP) is 5.46. The minimum absolute atomic E-state index is 0.436. The number of aryl methyl sites for hydroxylation is 1. The van der Waals surface area contributed by atoms with E-state index < -0.39 is 0 Å². The summed E-state index contributed by atoms with van der Waals surface area (Å²) < 4.78 is 0. The molecule has 24 heavy (non-hydrogen) atoms. The van der Waals surface area contributed by atoms with Crippen molar-refractivity contribution in [2.75, 3.05) is 0 Å². The van der Waals surface area contributed by atoms with Crippen LogP contribution < -0.4 is 5.32 Å². The lowest BCUT2D eigenvalue weighted by Crippen LogP contribution is -2.24. The van der Waals surface area contributed by atoms with Crippen molar-refractivity contribution in [3.05, 3.63) is 70.9 Å². The molecule has 4 rings (SSSR count). The lowest BCUT2D eigenvalue weighted by Gasteiger charge is -2.24. The number of aromatic amines is 1. The largest absolute Gasteiger partial charge is 0.357 e. The summed E-state index contributed by atoms with van der Waals surface area (Å²) in [6, 6.07) is 18.2. The van der Waals surface area contributed by atoms with Gasteiger partial charge in [-0.15, -0.1) is 0 Å². The Morgan fingerprint density at radius 2 is 1.88 bits per heavy atom. The molecule has 1 aliphatic rings. The molecule has 1 heterocycles. The Kier molecular flexibility index (Phi) is 4.15. The van der Waals surface area contributed by atoms with Crippen LogP contribution in [0.1, 0.15) is 61.0 Å². The Morgan fingerprint density at radius 3 is 2.67 bits per heavy atom. The van der Waals surface area contributed by atoms with E-state index in [0.29, 0.717) is 12.0 Å². The van der Waals surface area contributed by atoms with Gasteiger partial charge in [0.15, 0.2) is 0 Å². The number of para-hydroxylation sites is 1. The van der Waals surface area contributed by atoms with Crippen LogP contribution in [0.2, 0.25) is 0 Å². The number of fused-ring (bicyclic) bond motifs is 3. The van der Waals surface area contributed by atoms with E-state index in [2.05, 4.69) is 72.7 Å². The van der Waals surface area contributed by atoms with Crippen molar-refractivity contribution in [1.82, 2.24) is 10.3 Å². The highest BCUT2D eigenvalue weighted by Gasteiger charge is 2.23. The number of benzene rings is 2. The van der Waals surface area contributed by atoms with Gasteiger partial charge in [0, 0.05) is 29.2 Å². The first-order valence-electron chi connectivity index (χ1n) is 9.14. The van der Waals surface area contributed by atoms with E-state index in [1.54, 1.807) is 0 Å².